The van der Waals surface area contributed by atoms with E-state index in [2.05, 4.69) is 0 Å². The minimum absolute atomic E-state index is 0.0637. The zero-order valence-electron chi connectivity index (χ0n) is 6.80. The van der Waals surface area contributed by atoms with Gasteiger partial charge >= 0.3 is 10.8 Å². The van der Waals surface area contributed by atoms with Gasteiger partial charge in [0.25, 0.3) is 0 Å². The van der Waals surface area contributed by atoms with Crippen LogP contribution in [0.1, 0.15) is 25.7 Å². The maximum Gasteiger partial charge on any atom is 0.367 e. The van der Waals surface area contributed by atoms with E-state index in [1.807, 2.05) is 0 Å². The van der Waals surface area contributed by atoms with Crippen LogP contribution in [0, 0.1) is 0 Å². The van der Waals surface area contributed by atoms with Gasteiger partial charge < -0.3 is 0 Å². The van der Waals surface area contributed by atoms with Crippen molar-refractivity contribution in [3.63, 3.8) is 0 Å². The van der Waals surface area contributed by atoms with Gasteiger partial charge in [-0.05, 0) is 41.6 Å². The van der Waals surface area contributed by atoms with Crippen LogP contribution in [0.3, 0.4) is 0 Å². The molecule has 0 unspecified atom stereocenters. The molecule has 0 N–H and O–H groups in total. The van der Waals surface area contributed by atoms with E-state index in [1.165, 1.54) is 6.08 Å². The normalized spacial score (nSPS) is 19.9. The third kappa shape index (κ3) is 2.24. The Morgan fingerprint density at radius 2 is 1.77 bits per heavy atom. The molecule has 0 amide bonds. The summed E-state index contributed by atoms with van der Waals surface area (Å²) in [6.07, 6.45) is 3.11. The topological polar surface area (TPSA) is 0 Å². The second kappa shape index (κ2) is 3.59. The molecule has 0 bridgehead atoms. The number of alkyl halides is 5. The maximum absolute atomic E-state index is 13.0. The fourth-order valence-electron chi connectivity index (χ4n) is 1.31. The summed E-state index contributed by atoms with van der Waals surface area (Å²) in [7, 11) is 0. The summed E-state index contributed by atoms with van der Waals surface area (Å²) in [5.74, 6) is -4.05. The van der Waals surface area contributed by atoms with Crippen LogP contribution in [0.5, 0.6) is 0 Å². The van der Waals surface area contributed by atoms with Crippen molar-refractivity contribution < 1.29 is 17.6 Å². The van der Waals surface area contributed by atoms with Crippen LogP contribution in [-0.4, -0.2) is 10.8 Å². The van der Waals surface area contributed by atoms with E-state index in [1.54, 1.807) is 15.9 Å². The Kier molecular flexibility index (Phi) is 3.05. The molecule has 0 aromatic carbocycles. The van der Waals surface area contributed by atoms with Crippen molar-refractivity contribution in [3.05, 3.63) is 11.6 Å². The number of allylic oxidation sites excluding steroid dienone is 2. The van der Waals surface area contributed by atoms with E-state index in [9.17, 15) is 17.6 Å². The molecule has 0 nitrogen and oxygen atoms in total. The van der Waals surface area contributed by atoms with Crippen molar-refractivity contribution in [1.29, 1.82) is 0 Å². The molecule has 0 fully saturated rings. The fraction of sp³-hybridized carbons (Fsp3) is 0.750. The Morgan fingerprint density at radius 3 is 2.15 bits per heavy atom. The van der Waals surface area contributed by atoms with Crippen molar-refractivity contribution in [2.45, 2.75) is 36.4 Å². The molecule has 13 heavy (non-hydrogen) atoms. The van der Waals surface area contributed by atoms with Gasteiger partial charge in [0, 0.05) is 5.57 Å². The summed E-state index contributed by atoms with van der Waals surface area (Å²) < 4.78 is 50.7. The average molecular weight is 261 g/mol. The highest BCUT2D eigenvalue weighted by atomic mass is 79.9. The standard InChI is InChI=1S/C8H9BrF4/c9-8(12,13)7(10,11)6-4-2-1-3-5-6/h4H,1-3,5H2. The third-order valence-corrected chi connectivity index (χ3v) is 2.55. The summed E-state index contributed by atoms with van der Waals surface area (Å²) >= 11 is 1.71. The lowest BCUT2D eigenvalue weighted by atomic mass is 9.95. The quantitative estimate of drug-likeness (QED) is 0.398. The second-order valence-corrected chi connectivity index (χ2v) is 4.04. The molecule has 5 heteroatoms. The number of halogens is 5. The van der Waals surface area contributed by atoms with Crippen molar-refractivity contribution in [2.24, 2.45) is 0 Å². The SMILES string of the molecule is FC(F)(Br)C(F)(F)C1=CCCCC1. The summed E-state index contributed by atoms with van der Waals surface area (Å²) in [6.45, 7) is 0. The zero-order valence-corrected chi connectivity index (χ0v) is 8.38. The van der Waals surface area contributed by atoms with Gasteiger partial charge in [-0.15, -0.1) is 0 Å². The highest BCUT2D eigenvalue weighted by molar-refractivity contribution is 9.10. The number of rotatable bonds is 2. The molecule has 1 rings (SSSR count). The van der Waals surface area contributed by atoms with Gasteiger partial charge in [0.15, 0.2) is 0 Å². The molecule has 1 aliphatic carbocycles. The Hall–Kier alpha value is -0.0600. The Labute approximate surface area is 82.1 Å². The molecule has 1 aliphatic rings. The highest BCUT2D eigenvalue weighted by Crippen LogP contribution is 2.46. The molecule has 76 valence electrons. The first-order valence-electron chi connectivity index (χ1n) is 4.00. The average Bonchev–Trinajstić information content (AvgIpc) is 2.04. The van der Waals surface area contributed by atoms with Crippen molar-refractivity contribution in [2.75, 3.05) is 0 Å². The molecule has 0 aromatic rings. The van der Waals surface area contributed by atoms with Gasteiger partial charge in [-0.1, -0.05) is 6.08 Å². The van der Waals surface area contributed by atoms with Gasteiger partial charge in [0.2, 0.25) is 0 Å². The third-order valence-electron chi connectivity index (χ3n) is 2.05. The van der Waals surface area contributed by atoms with E-state index in [0.717, 1.165) is 6.42 Å². The predicted octanol–water partition coefficient (Wildman–Crippen LogP) is 4.11. The van der Waals surface area contributed by atoms with E-state index in [4.69, 9.17) is 0 Å². The lowest BCUT2D eigenvalue weighted by Crippen LogP contribution is -2.37. The summed E-state index contributed by atoms with van der Waals surface area (Å²) in [5, 5.41) is 0. The first kappa shape index (κ1) is 11.0. The summed E-state index contributed by atoms with van der Waals surface area (Å²) in [4.78, 5) is -4.14. The van der Waals surface area contributed by atoms with Crippen LogP contribution >= 0.6 is 15.9 Å². The molecule has 0 atom stereocenters. The van der Waals surface area contributed by atoms with E-state index in [0.29, 0.717) is 12.8 Å². The Balaban J connectivity index is 2.85. The van der Waals surface area contributed by atoms with Crippen molar-refractivity contribution in [1.82, 2.24) is 0 Å². The maximum atomic E-state index is 13.0. The van der Waals surface area contributed by atoms with Crippen LogP contribution in [0.4, 0.5) is 17.6 Å². The lowest BCUT2D eigenvalue weighted by Gasteiger charge is -2.26. The van der Waals surface area contributed by atoms with Gasteiger partial charge in [0.05, 0.1) is 0 Å². The molecule has 0 aliphatic heterocycles. The first-order valence-corrected chi connectivity index (χ1v) is 4.79. The molecule has 0 radical (unpaired) electrons. The minimum Gasteiger partial charge on any atom is -0.194 e. The molecule has 0 heterocycles. The van der Waals surface area contributed by atoms with E-state index in [-0.39, 0.29) is 6.42 Å². The minimum atomic E-state index is -4.14. The zero-order chi connectivity index (χ0) is 10.1. The summed E-state index contributed by atoms with van der Waals surface area (Å²) in [5.41, 5.74) is -0.444. The smallest absolute Gasteiger partial charge is 0.194 e. The van der Waals surface area contributed by atoms with Crippen molar-refractivity contribution >= 4 is 15.9 Å². The monoisotopic (exact) mass is 260 g/mol. The van der Waals surface area contributed by atoms with Gasteiger partial charge in [-0.3, -0.25) is 0 Å². The first-order chi connectivity index (χ1) is 5.86. The molecule has 0 spiro atoms. The second-order valence-electron chi connectivity index (χ2n) is 3.05. The van der Waals surface area contributed by atoms with Gasteiger partial charge in [-0.2, -0.15) is 17.6 Å². The Morgan fingerprint density at radius 1 is 1.15 bits per heavy atom. The van der Waals surface area contributed by atoms with Gasteiger partial charge in [-0.25, -0.2) is 0 Å². The van der Waals surface area contributed by atoms with Crippen molar-refractivity contribution in [3.8, 4) is 0 Å². The van der Waals surface area contributed by atoms with Crippen LogP contribution < -0.4 is 0 Å². The number of hydrogen-bond donors (Lipinski definition) is 0. The summed E-state index contributed by atoms with van der Waals surface area (Å²) in [6, 6.07) is 0. The molecule has 0 saturated heterocycles. The van der Waals surface area contributed by atoms with Gasteiger partial charge in [0.1, 0.15) is 0 Å². The van der Waals surface area contributed by atoms with Crippen LogP contribution in [0.2, 0.25) is 0 Å². The Bertz CT molecular complexity index is 217. The predicted molar refractivity (Wildman–Crippen MR) is 45.4 cm³/mol. The molecule has 0 saturated carbocycles. The fourth-order valence-corrected chi connectivity index (χ4v) is 1.56. The van der Waals surface area contributed by atoms with Crippen LogP contribution in [0.15, 0.2) is 11.6 Å². The molecule has 0 aromatic heterocycles. The van der Waals surface area contributed by atoms with E-state index < -0.39 is 16.3 Å². The van der Waals surface area contributed by atoms with Crippen LogP contribution in [-0.2, 0) is 0 Å². The van der Waals surface area contributed by atoms with E-state index >= 15 is 0 Å². The molecular weight excluding hydrogens is 252 g/mol. The molecular formula is C8H9BrF4. The van der Waals surface area contributed by atoms with Crippen LogP contribution in [0.25, 0.3) is 0 Å². The highest BCUT2D eigenvalue weighted by Gasteiger charge is 2.56. The largest absolute Gasteiger partial charge is 0.367 e. The number of hydrogen-bond acceptors (Lipinski definition) is 0. The lowest BCUT2D eigenvalue weighted by molar-refractivity contribution is -0.121.